The maximum atomic E-state index is 13.1. The van der Waals surface area contributed by atoms with Gasteiger partial charge in [-0.15, -0.1) is 0 Å². The van der Waals surface area contributed by atoms with Gasteiger partial charge in [-0.1, -0.05) is 50.2 Å². The van der Waals surface area contributed by atoms with Crippen LogP contribution in [0.2, 0.25) is 0 Å². The smallest absolute Gasteiger partial charge is 0.416 e. The molecular weight excluding hydrogens is 395 g/mol. The van der Waals surface area contributed by atoms with Crippen molar-refractivity contribution in [2.45, 2.75) is 51.9 Å². The van der Waals surface area contributed by atoms with Crippen molar-refractivity contribution >= 4 is 17.4 Å². The summed E-state index contributed by atoms with van der Waals surface area (Å²) in [5.41, 5.74) is -1.90. The molecular formula is C23H26F3NO3. The monoisotopic (exact) mass is 421 g/mol. The first-order chi connectivity index (χ1) is 14.0. The second-order valence-corrected chi connectivity index (χ2v) is 7.75. The van der Waals surface area contributed by atoms with Crippen molar-refractivity contribution in [1.29, 1.82) is 0 Å². The predicted octanol–water partition coefficient (Wildman–Crippen LogP) is 5.74. The summed E-state index contributed by atoms with van der Waals surface area (Å²) in [6.45, 7) is 6.79. The van der Waals surface area contributed by atoms with Gasteiger partial charge in [-0.05, 0) is 38.0 Å². The van der Waals surface area contributed by atoms with Crippen LogP contribution in [0.15, 0.2) is 54.6 Å². The number of ketones is 1. The zero-order chi connectivity index (χ0) is 22.5. The number of anilines is 1. The van der Waals surface area contributed by atoms with Crippen molar-refractivity contribution in [3.05, 3.63) is 65.7 Å². The fourth-order valence-corrected chi connectivity index (χ4v) is 3.08. The average molecular weight is 421 g/mol. The fourth-order valence-electron chi connectivity index (χ4n) is 3.08. The zero-order valence-electron chi connectivity index (χ0n) is 17.4. The third-order valence-corrected chi connectivity index (χ3v) is 4.79. The predicted molar refractivity (Wildman–Crippen MR) is 109 cm³/mol. The normalized spacial score (nSPS) is 13.8. The van der Waals surface area contributed by atoms with E-state index in [0.717, 1.165) is 12.1 Å². The molecule has 0 saturated heterocycles. The lowest BCUT2D eigenvalue weighted by molar-refractivity contribution is -0.154. The Morgan fingerprint density at radius 2 is 1.60 bits per heavy atom. The van der Waals surface area contributed by atoms with E-state index in [1.165, 1.54) is 12.1 Å². The van der Waals surface area contributed by atoms with Crippen LogP contribution >= 0.6 is 0 Å². The van der Waals surface area contributed by atoms with E-state index in [4.69, 9.17) is 4.74 Å². The minimum absolute atomic E-state index is 0.0834. The zero-order valence-corrected chi connectivity index (χ0v) is 17.4. The number of nitrogens with one attached hydrogen (secondary N) is 1. The third-order valence-electron chi connectivity index (χ3n) is 4.79. The van der Waals surface area contributed by atoms with E-state index in [-0.39, 0.29) is 17.9 Å². The van der Waals surface area contributed by atoms with Crippen LogP contribution < -0.4 is 5.32 Å². The van der Waals surface area contributed by atoms with Gasteiger partial charge in [0.1, 0.15) is 5.54 Å². The molecule has 2 aromatic carbocycles. The number of esters is 1. The van der Waals surface area contributed by atoms with Crippen molar-refractivity contribution in [3.8, 4) is 0 Å². The molecule has 2 rings (SSSR count). The average Bonchev–Trinajstić information content (AvgIpc) is 2.66. The lowest BCUT2D eigenvalue weighted by Crippen LogP contribution is -2.54. The van der Waals surface area contributed by atoms with Gasteiger partial charge in [0.2, 0.25) is 0 Å². The molecule has 1 unspecified atom stereocenters. The van der Waals surface area contributed by atoms with E-state index < -0.39 is 35.3 Å². The van der Waals surface area contributed by atoms with Crippen LogP contribution in [-0.4, -0.2) is 23.4 Å². The lowest BCUT2D eigenvalue weighted by atomic mass is 9.80. The first-order valence-corrected chi connectivity index (χ1v) is 9.70. The van der Waals surface area contributed by atoms with Gasteiger partial charge in [0, 0.05) is 17.7 Å². The van der Waals surface area contributed by atoms with Crippen LogP contribution in [0.5, 0.6) is 0 Å². The number of alkyl halides is 3. The number of hydrogen-bond acceptors (Lipinski definition) is 4. The molecule has 1 atom stereocenters. The highest BCUT2D eigenvalue weighted by Crippen LogP contribution is 2.34. The molecule has 2 aromatic rings. The Balaban J connectivity index is 2.49. The second-order valence-electron chi connectivity index (χ2n) is 7.75. The Morgan fingerprint density at radius 3 is 2.13 bits per heavy atom. The Morgan fingerprint density at radius 1 is 0.967 bits per heavy atom. The Hall–Kier alpha value is -2.83. The highest BCUT2D eigenvalue weighted by atomic mass is 19.4. The number of halogens is 3. The molecule has 0 bridgehead atoms. The quantitative estimate of drug-likeness (QED) is 0.436. The van der Waals surface area contributed by atoms with Crippen LogP contribution in [0.25, 0.3) is 0 Å². The van der Waals surface area contributed by atoms with Crippen molar-refractivity contribution in [2.75, 3.05) is 5.32 Å². The molecule has 0 aliphatic carbocycles. The molecule has 0 amide bonds. The van der Waals surface area contributed by atoms with Gasteiger partial charge >= 0.3 is 12.1 Å². The molecule has 0 fully saturated rings. The molecule has 0 spiro atoms. The summed E-state index contributed by atoms with van der Waals surface area (Å²) in [5, 5.41) is 2.91. The van der Waals surface area contributed by atoms with E-state index in [1.807, 2.05) is 0 Å². The van der Waals surface area contributed by atoms with E-state index in [0.29, 0.717) is 5.56 Å². The highest BCUT2D eigenvalue weighted by Gasteiger charge is 2.46. The standard InChI is InChI=1S/C23H26F3NO3/c1-15(2)22(21(29)30-16(3)4,14-20(28)17-9-6-5-7-10-17)27-19-12-8-11-18(13-19)23(24,25)26/h5-13,15-16,27H,14H2,1-4H3. The van der Waals surface area contributed by atoms with Gasteiger partial charge in [0.15, 0.2) is 5.78 Å². The van der Waals surface area contributed by atoms with E-state index in [2.05, 4.69) is 5.32 Å². The van der Waals surface area contributed by atoms with E-state index in [1.54, 1.807) is 58.0 Å². The van der Waals surface area contributed by atoms with Crippen molar-refractivity contribution in [1.82, 2.24) is 0 Å². The first-order valence-electron chi connectivity index (χ1n) is 9.70. The van der Waals surface area contributed by atoms with Gasteiger partial charge in [-0.25, -0.2) is 4.79 Å². The van der Waals surface area contributed by atoms with Crippen LogP contribution in [0.3, 0.4) is 0 Å². The summed E-state index contributed by atoms with van der Waals surface area (Å²) < 4.78 is 44.9. The van der Waals surface area contributed by atoms with Gasteiger partial charge in [0.25, 0.3) is 0 Å². The lowest BCUT2D eigenvalue weighted by Gasteiger charge is -2.37. The SMILES string of the molecule is CC(C)OC(=O)C(CC(=O)c1ccccc1)(Nc1cccc(C(F)(F)F)c1)C(C)C. The molecule has 0 aromatic heterocycles. The molecule has 30 heavy (non-hydrogen) atoms. The third kappa shape index (κ3) is 5.62. The number of carbonyl (C=O) groups is 2. The fraction of sp³-hybridized carbons (Fsp3) is 0.391. The summed E-state index contributed by atoms with van der Waals surface area (Å²) in [5.74, 6) is -1.45. The maximum Gasteiger partial charge on any atom is 0.416 e. The number of benzene rings is 2. The molecule has 0 aliphatic heterocycles. The number of ether oxygens (including phenoxy) is 1. The molecule has 0 heterocycles. The molecule has 162 valence electrons. The van der Waals surface area contributed by atoms with Gasteiger partial charge in [-0.3, -0.25) is 4.79 Å². The molecule has 0 saturated carbocycles. The van der Waals surface area contributed by atoms with E-state index in [9.17, 15) is 22.8 Å². The molecule has 1 N–H and O–H groups in total. The summed E-state index contributed by atoms with van der Waals surface area (Å²) in [6, 6.07) is 13.0. The second kappa shape index (κ2) is 9.32. The van der Waals surface area contributed by atoms with Gasteiger partial charge < -0.3 is 10.1 Å². The molecule has 7 heteroatoms. The van der Waals surface area contributed by atoms with Crippen LogP contribution in [0.1, 0.15) is 50.0 Å². The Kier molecular flexibility index (Phi) is 7.29. The minimum atomic E-state index is -4.53. The Bertz CT molecular complexity index is 879. The summed E-state index contributed by atoms with van der Waals surface area (Å²) in [6.07, 6.45) is -5.25. The highest BCUT2D eigenvalue weighted by molar-refractivity contribution is 6.01. The van der Waals surface area contributed by atoms with Crippen molar-refractivity contribution in [2.24, 2.45) is 5.92 Å². The van der Waals surface area contributed by atoms with E-state index >= 15 is 0 Å². The Labute approximate surface area is 174 Å². The topological polar surface area (TPSA) is 55.4 Å². The summed E-state index contributed by atoms with van der Waals surface area (Å²) >= 11 is 0. The van der Waals surface area contributed by atoms with Crippen molar-refractivity contribution < 1.29 is 27.5 Å². The van der Waals surface area contributed by atoms with Crippen LogP contribution in [0.4, 0.5) is 18.9 Å². The number of carbonyl (C=O) groups excluding carboxylic acids is 2. The molecule has 4 nitrogen and oxygen atoms in total. The van der Waals surface area contributed by atoms with Gasteiger partial charge in [0.05, 0.1) is 11.7 Å². The summed E-state index contributed by atoms with van der Waals surface area (Å²) in [7, 11) is 0. The van der Waals surface area contributed by atoms with Crippen LogP contribution in [0, 0.1) is 5.92 Å². The molecule has 0 aliphatic rings. The van der Waals surface area contributed by atoms with Crippen LogP contribution in [-0.2, 0) is 15.7 Å². The van der Waals surface area contributed by atoms with Gasteiger partial charge in [-0.2, -0.15) is 13.2 Å². The number of hydrogen-bond donors (Lipinski definition) is 1. The molecule has 0 radical (unpaired) electrons. The first kappa shape index (κ1) is 23.4. The number of rotatable bonds is 8. The van der Waals surface area contributed by atoms with Crippen molar-refractivity contribution in [3.63, 3.8) is 0 Å². The largest absolute Gasteiger partial charge is 0.461 e. The minimum Gasteiger partial charge on any atom is -0.461 e. The summed E-state index contributed by atoms with van der Waals surface area (Å²) in [4.78, 5) is 26.1. The number of Topliss-reactive ketones (excluding diaryl/α,β-unsaturated/α-hetero) is 1. The maximum absolute atomic E-state index is 13.1.